The van der Waals surface area contributed by atoms with Crippen LogP contribution in [0.3, 0.4) is 0 Å². The van der Waals surface area contributed by atoms with Crippen molar-refractivity contribution in [2.45, 2.75) is 36.9 Å². The lowest BCUT2D eigenvalue weighted by atomic mass is 9.67. The molecule has 10 nitrogen and oxygen atoms in total. The van der Waals surface area contributed by atoms with E-state index in [1.807, 2.05) is 36.4 Å². The van der Waals surface area contributed by atoms with E-state index < -0.39 is 46.2 Å². The second-order valence-corrected chi connectivity index (χ2v) is 12.3. The smallest absolute Gasteiger partial charge is 0.324 e. The molecule has 258 valence electrons. The normalized spacial score (nSPS) is 22.4. The molecule has 0 heterocycles. The maximum atomic E-state index is 14.7. The van der Waals surface area contributed by atoms with Crippen LogP contribution in [0.25, 0.3) is 0 Å². The number of hydrogen-bond donors (Lipinski definition) is 0. The molecule has 0 saturated heterocycles. The molecular weight excluding hydrogens is 640 g/mol. The Balaban J connectivity index is 1.51. The molecule has 0 aromatic heterocycles. The molecule has 10 heteroatoms. The fourth-order valence-electron chi connectivity index (χ4n) is 7.68. The minimum atomic E-state index is -1.95. The Morgan fingerprint density at radius 3 is 1.24 bits per heavy atom. The van der Waals surface area contributed by atoms with Gasteiger partial charge in [-0.15, -0.1) is 0 Å². The fourth-order valence-corrected chi connectivity index (χ4v) is 7.68. The van der Waals surface area contributed by atoms with Crippen molar-refractivity contribution in [2.24, 2.45) is 11.8 Å². The Morgan fingerprint density at radius 1 is 0.540 bits per heavy atom. The summed E-state index contributed by atoms with van der Waals surface area (Å²) in [6.07, 6.45) is -0.556. The van der Waals surface area contributed by atoms with Crippen LogP contribution in [0.2, 0.25) is 0 Å². The topological polar surface area (TPSA) is 124 Å². The van der Waals surface area contributed by atoms with Gasteiger partial charge in [0.15, 0.2) is 45.4 Å². The Bertz CT molecular complexity index is 1770. The predicted octanol–water partition coefficient (Wildman–Crippen LogP) is 5.56. The van der Waals surface area contributed by atoms with E-state index in [9.17, 15) is 19.2 Å². The van der Waals surface area contributed by atoms with Crippen LogP contribution in [0.4, 0.5) is 0 Å². The van der Waals surface area contributed by atoms with Gasteiger partial charge in [0, 0.05) is 12.8 Å². The molecule has 4 aromatic carbocycles. The number of carbonyl (C=O) groups is 4. The summed E-state index contributed by atoms with van der Waals surface area (Å²) in [6, 6.07) is 27.7. The third-order valence-electron chi connectivity index (χ3n) is 10.0. The quantitative estimate of drug-likeness (QED) is 0.139. The van der Waals surface area contributed by atoms with Gasteiger partial charge in [0.1, 0.15) is 13.2 Å². The van der Waals surface area contributed by atoms with E-state index in [-0.39, 0.29) is 48.7 Å². The highest BCUT2D eigenvalue weighted by molar-refractivity contribution is 6.19. The number of fused-ring (bicyclic) bond motifs is 1. The molecule has 2 fully saturated rings. The molecule has 50 heavy (non-hydrogen) atoms. The van der Waals surface area contributed by atoms with E-state index in [0.29, 0.717) is 11.5 Å². The first-order valence-electron chi connectivity index (χ1n) is 16.2. The van der Waals surface area contributed by atoms with Crippen molar-refractivity contribution < 1.29 is 47.6 Å². The maximum absolute atomic E-state index is 14.7. The summed E-state index contributed by atoms with van der Waals surface area (Å²) in [5, 5.41) is 0. The van der Waals surface area contributed by atoms with Crippen molar-refractivity contribution in [2.75, 3.05) is 28.4 Å². The number of hydrogen-bond acceptors (Lipinski definition) is 10. The van der Waals surface area contributed by atoms with E-state index in [0.717, 1.165) is 11.1 Å². The zero-order chi connectivity index (χ0) is 35.5. The average Bonchev–Trinajstić information content (AvgIpc) is 3.61. The monoisotopic (exact) mass is 678 g/mol. The molecule has 4 atom stereocenters. The SMILES string of the molecule is COc1ccc([C@@]2(C(=O)OCc3ccccc3)C(=O)C[C@H]3[C@@H]2CC(=O)[C@]3(C(=O)OCc2ccccc2)c2ccc(OC)c(OC)c2)cc1OC. The molecule has 0 unspecified atom stereocenters. The Kier molecular flexibility index (Phi) is 9.63. The maximum Gasteiger partial charge on any atom is 0.324 e. The van der Waals surface area contributed by atoms with Crippen molar-refractivity contribution >= 4 is 23.5 Å². The lowest BCUT2D eigenvalue weighted by molar-refractivity contribution is -0.158. The summed E-state index contributed by atoms with van der Waals surface area (Å²) in [5.74, 6) is -3.20. The van der Waals surface area contributed by atoms with Gasteiger partial charge >= 0.3 is 11.9 Å². The van der Waals surface area contributed by atoms with Gasteiger partial charge in [-0.25, -0.2) is 0 Å². The van der Waals surface area contributed by atoms with Gasteiger partial charge in [-0.1, -0.05) is 72.8 Å². The van der Waals surface area contributed by atoms with E-state index in [4.69, 9.17) is 28.4 Å². The predicted molar refractivity (Wildman–Crippen MR) is 181 cm³/mol. The minimum Gasteiger partial charge on any atom is -0.493 e. The molecule has 0 aliphatic heterocycles. The van der Waals surface area contributed by atoms with Gasteiger partial charge in [-0.2, -0.15) is 0 Å². The standard InChI is InChI=1S/C40H38O10/c1-45-31-17-15-27(19-33(31)47-3)39(37(43)49-23-25-11-7-5-8-12-25)29-21-36(42)40(30(29)22-35(39)41,28-16-18-32(46-2)34(20-28)48-4)38(44)50-24-26-13-9-6-10-14-26/h5-20,29-30H,21-24H2,1-4H3/t29-,30-,39-,40-/m0/s1. The Hall–Kier alpha value is -5.64. The van der Waals surface area contributed by atoms with Crippen LogP contribution in [0, 0.1) is 11.8 Å². The van der Waals surface area contributed by atoms with E-state index >= 15 is 0 Å². The Labute approximate surface area is 290 Å². The summed E-state index contributed by atoms with van der Waals surface area (Å²) in [6.45, 7) is -0.208. The average molecular weight is 679 g/mol. The molecule has 0 N–H and O–H groups in total. The number of ketones is 2. The van der Waals surface area contributed by atoms with Crippen molar-refractivity contribution in [3.05, 3.63) is 119 Å². The number of methoxy groups -OCH3 is 4. The third kappa shape index (κ3) is 5.54. The zero-order valence-corrected chi connectivity index (χ0v) is 28.3. The summed E-state index contributed by atoms with van der Waals surface area (Å²) < 4.78 is 33.9. The van der Waals surface area contributed by atoms with Crippen LogP contribution in [-0.2, 0) is 52.7 Å². The van der Waals surface area contributed by atoms with E-state index in [2.05, 4.69) is 0 Å². The first-order valence-corrected chi connectivity index (χ1v) is 16.2. The van der Waals surface area contributed by atoms with Crippen LogP contribution in [0.1, 0.15) is 35.1 Å². The van der Waals surface area contributed by atoms with Gasteiger partial charge in [0.2, 0.25) is 0 Å². The molecule has 4 aromatic rings. The Morgan fingerprint density at radius 2 is 0.900 bits per heavy atom. The van der Waals surface area contributed by atoms with E-state index in [1.54, 1.807) is 60.7 Å². The lowest BCUT2D eigenvalue weighted by Crippen LogP contribution is -2.48. The molecule has 0 radical (unpaired) electrons. The first kappa shape index (κ1) is 34.2. The molecule has 0 spiro atoms. The van der Waals surface area contributed by atoms with Crippen molar-refractivity contribution in [1.82, 2.24) is 0 Å². The molecule has 0 amide bonds. The zero-order valence-electron chi connectivity index (χ0n) is 28.3. The third-order valence-corrected chi connectivity index (χ3v) is 10.0. The number of Topliss-reactive ketones (excluding diaryl/α,β-unsaturated/α-hetero) is 2. The van der Waals surface area contributed by atoms with Crippen LogP contribution in [0.5, 0.6) is 23.0 Å². The van der Waals surface area contributed by atoms with Gasteiger partial charge in [0.25, 0.3) is 0 Å². The molecule has 6 rings (SSSR count). The van der Waals surface area contributed by atoms with Crippen LogP contribution in [-0.4, -0.2) is 51.9 Å². The van der Waals surface area contributed by atoms with Crippen molar-refractivity contribution in [1.29, 1.82) is 0 Å². The number of carbonyl (C=O) groups excluding carboxylic acids is 4. The highest BCUT2D eigenvalue weighted by Gasteiger charge is 2.74. The molecule has 0 bridgehead atoms. The number of ether oxygens (including phenoxy) is 6. The summed E-state index contributed by atoms with van der Waals surface area (Å²) in [5.41, 5.74) is -1.91. The van der Waals surface area contributed by atoms with Crippen molar-refractivity contribution in [3.8, 4) is 23.0 Å². The largest absolute Gasteiger partial charge is 0.493 e. The second-order valence-electron chi connectivity index (χ2n) is 12.3. The summed E-state index contributed by atoms with van der Waals surface area (Å²) in [4.78, 5) is 58.6. The molecule has 2 aliphatic rings. The number of benzene rings is 4. The van der Waals surface area contributed by atoms with Crippen molar-refractivity contribution in [3.63, 3.8) is 0 Å². The summed E-state index contributed by atoms with van der Waals surface area (Å²) >= 11 is 0. The van der Waals surface area contributed by atoms with Crippen LogP contribution < -0.4 is 18.9 Å². The van der Waals surface area contributed by atoms with Crippen LogP contribution >= 0.6 is 0 Å². The second kappa shape index (κ2) is 14.1. The van der Waals surface area contributed by atoms with Gasteiger partial charge in [0.05, 0.1) is 28.4 Å². The number of rotatable bonds is 12. The van der Waals surface area contributed by atoms with Crippen LogP contribution in [0.15, 0.2) is 97.1 Å². The lowest BCUT2D eigenvalue weighted by Gasteiger charge is -2.34. The molecular formula is C40H38O10. The van der Waals surface area contributed by atoms with Gasteiger partial charge in [-0.3, -0.25) is 19.2 Å². The molecule has 2 saturated carbocycles. The molecule has 2 aliphatic carbocycles. The summed E-state index contributed by atoms with van der Waals surface area (Å²) in [7, 11) is 5.86. The van der Waals surface area contributed by atoms with Gasteiger partial charge in [-0.05, 0) is 58.4 Å². The minimum absolute atomic E-state index is 0.104. The van der Waals surface area contributed by atoms with Gasteiger partial charge < -0.3 is 28.4 Å². The fraction of sp³-hybridized carbons (Fsp3) is 0.300. The first-order chi connectivity index (χ1) is 24.2. The number of esters is 2. The highest BCUT2D eigenvalue weighted by Crippen LogP contribution is 2.62. The van der Waals surface area contributed by atoms with E-state index in [1.165, 1.54) is 28.4 Å². The highest BCUT2D eigenvalue weighted by atomic mass is 16.5.